The third-order valence-corrected chi connectivity index (χ3v) is 4.26. The first-order valence-corrected chi connectivity index (χ1v) is 7.23. The molecule has 0 spiro atoms. The van der Waals surface area contributed by atoms with Gasteiger partial charge in [0.2, 0.25) is 5.91 Å². The van der Waals surface area contributed by atoms with Crippen LogP contribution in [0, 0.1) is 0 Å². The Hall–Kier alpha value is -0.820. The van der Waals surface area contributed by atoms with Gasteiger partial charge in [0.15, 0.2) is 0 Å². The fraction of sp³-hybridized carbons (Fsp3) is 0.923. The summed E-state index contributed by atoms with van der Waals surface area (Å²) in [6, 6.07) is -1.43. The Morgan fingerprint density at radius 3 is 2.70 bits per heavy atom. The van der Waals surface area contributed by atoms with Crippen molar-refractivity contribution in [1.29, 1.82) is 0 Å². The molecule has 1 amide bonds. The Balaban J connectivity index is 2.04. The van der Waals surface area contributed by atoms with Crippen LogP contribution in [0.4, 0.5) is 13.2 Å². The summed E-state index contributed by atoms with van der Waals surface area (Å²) in [5.74, 6) is -0.315. The van der Waals surface area contributed by atoms with Gasteiger partial charge in [-0.1, -0.05) is 13.3 Å². The number of piperidine rings is 1. The van der Waals surface area contributed by atoms with Crippen LogP contribution in [0.25, 0.3) is 0 Å². The average Bonchev–Trinajstić information content (AvgIpc) is 2.38. The van der Waals surface area contributed by atoms with E-state index in [0.717, 1.165) is 32.4 Å². The summed E-state index contributed by atoms with van der Waals surface area (Å²) >= 11 is 0. The van der Waals surface area contributed by atoms with Crippen LogP contribution in [0.3, 0.4) is 0 Å². The van der Waals surface area contributed by atoms with Crippen LogP contribution in [-0.2, 0) is 4.79 Å². The molecule has 2 unspecified atom stereocenters. The van der Waals surface area contributed by atoms with Crippen molar-refractivity contribution in [3.8, 4) is 0 Å². The van der Waals surface area contributed by atoms with Crippen molar-refractivity contribution in [2.24, 2.45) is 0 Å². The van der Waals surface area contributed by atoms with Crippen LogP contribution in [0.5, 0.6) is 0 Å². The van der Waals surface area contributed by atoms with Gasteiger partial charge in [-0.15, -0.1) is 0 Å². The van der Waals surface area contributed by atoms with E-state index in [9.17, 15) is 18.0 Å². The Labute approximate surface area is 117 Å². The summed E-state index contributed by atoms with van der Waals surface area (Å²) in [6.07, 6.45) is -1.22. The molecule has 116 valence electrons. The number of hydrogen-bond acceptors (Lipinski definition) is 3. The minimum Gasteiger partial charge on any atom is -0.353 e. The van der Waals surface area contributed by atoms with Gasteiger partial charge in [-0.3, -0.25) is 14.6 Å². The minimum atomic E-state index is -4.29. The molecule has 4 nitrogen and oxygen atoms in total. The predicted molar refractivity (Wildman–Crippen MR) is 69.3 cm³/mol. The Bertz CT molecular complexity index is 348. The highest BCUT2D eigenvalue weighted by Gasteiger charge is 2.46. The molecule has 2 heterocycles. The topological polar surface area (TPSA) is 35.6 Å². The van der Waals surface area contributed by atoms with Gasteiger partial charge in [-0.2, -0.15) is 13.2 Å². The molecular formula is C13H22F3N3O. The molecule has 2 fully saturated rings. The van der Waals surface area contributed by atoms with Gasteiger partial charge >= 0.3 is 6.18 Å². The van der Waals surface area contributed by atoms with Gasteiger partial charge < -0.3 is 5.32 Å². The summed E-state index contributed by atoms with van der Waals surface area (Å²) in [4.78, 5) is 14.9. The van der Waals surface area contributed by atoms with Gasteiger partial charge in [0.05, 0.1) is 6.54 Å². The minimum absolute atomic E-state index is 0.129. The lowest BCUT2D eigenvalue weighted by Crippen LogP contribution is -2.62. The molecule has 1 N–H and O–H groups in total. The van der Waals surface area contributed by atoms with Crippen LogP contribution in [0.15, 0.2) is 0 Å². The molecule has 0 aliphatic carbocycles. The van der Waals surface area contributed by atoms with E-state index in [1.54, 1.807) is 0 Å². The Morgan fingerprint density at radius 2 is 2.05 bits per heavy atom. The number of likely N-dealkylation sites (tertiary alicyclic amines) is 1. The Morgan fingerprint density at radius 1 is 1.30 bits per heavy atom. The first-order valence-electron chi connectivity index (χ1n) is 7.23. The van der Waals surface area contributed by atoms with Crippen molar-refractivity contribution in [2.75, 3.05) is 32.7 Å². The number of amides is 1. The molecule has 2 saturated heterocycles. The number of nitrogens with zero attached hydrogens (tertiary/aromatic N) is 2. The molecule has 0 radical (unpaired) electrons. The number of likely N-dealkylation sites (N-methyl/N-ethyl adjacent to an activating group) is 1. The van der Waals surface area contributed by atoms with Crippen LogP contribution in [-0.4, -0.2) is 66.7 Å². The van der Waals surface area contributed by atoms with Crippen molar-refractivity contribution < 1.29 is 18.0 Å². The summed E-state index contributed by atoms with van der Waals surface area (Å²) in [5, 5.41) is 2.32. The zero-order chi connectivity index (χ0) is 14.8. The monoisotopic (exact) mass is 293 g/mol. The van der Waals surface area contributed by atoms with E-state index >= 15 is 0 Å². The van der Waals surface area contributed by atoms with E-state index in [1.807, 2.05) is 6.92 Å². The van der Waals surface area contributed by atoms with E-state index in [4.69, 9.17) is 0 Å². The van der Waals surface area contributed by atoms with Gasteiger partial charge in [0.1, 0.15) is 6.04 Å². The zero-order valence-corrected chi connectivity index (χ0v) is 11.7. The van der Waals surface area contributed by atoms with E-state index in [2.05, 4.69) is 10.2 Å². The number of carbonyl (C=O) groups is 1. The maximum atomic E-state index is 13.0. The van der Waals surface area contributed by atoms with E-state index in [0.29, 0.717) is 6.54 Å². The smallest absolute Gasteiger partial charge is 0.353 e. The third kappa shape index (κ3) is 3.63. The standard InChI is InChI=1S/C13H22F3N3O/c1-2-18-6-4-3-5-10(18)8-19-9-12(20)17-7-11(19)13(14,15)16/h10-11H,2-9H2,1H3,(H,17,20). The van der Waals surface area contributed by atoms with Gasteiger partial charge in [-0.05, 0) is 25.9 Å². The largest absolute Gasteiger partial charge is 0.405 e. The quantitative estimate of drug-likeness (QED) is 0.850. The van der Waals surface area contributed by atoms with E-state index < -0.39 is 12.2 Å². The number of halogens is 3. The van der Waals surface area contributed by atoms with Crippen LogP contribution in [0.1, 0.15) is 26.2 Å². The maximum Gasteiger partial charge on any atom is 0.405 e. The zero-order valence-electron chi connectivity index (χ0n) is 11.7. The Kier molecular flexibility index (Phi) is 4.90. The summed E-state index contributed by atoms with van der Waals surface area (Å²) in [7, 11) is 0. The van der Waals surface area contributed by atoms with Crippen molar-refractivity contribution >= 4 is 5.91 Å². The molecule has 2 aliphatic rings. The average molecular weight is 293 g/mol. The van der Waals surface area contributed by atoms with E-state index in [-0.39, 0.29) is 25.0 Å². The maximum absolute atomic E-state index is 13.0. The molecule has 0 aromatic rings. The lowest BCUT2D eigenvalue weighted by Gasteiger charge is -2.42. The van der Waals surface area contributed by atoms with Crippen LogP contribution in [0.2, 0.25) is 0 Å². The first-order chi connectivity index (χ1) is 9.41. The summed E-state index contributed by atoms with van der Waals surface area (Å²) in [5.41, 5.74) is 0. The van der Waals surface area contributed by atoms with Gasteiger partial charge in [0, 0.05) is 19.1 Å². The number of rotatable bonds is 3. The van der Waals surface area contributed by atoms with Crippen LogP contribution < -0.4 is 5.32 Å². The molecule has 2 aliphatic heterocycles. The molecule has 0 aromatic carbocycles. The molecule has 0 bridgehead atoms. The molecule has 7 heteroatoms. The number of piperazine rings is 1. The number of nitrogens with one attached hydrogen (secondary N) is 1. The molecule has 2 atom stereocenters. The van der Waals surface area contributed by atoms with Crippen LogP contribution >= 0.6 is 0 Å². The van der Waals surface area contributed by atoms with Crippen molar-refractivity contribution in [1.82, 2.24) is 15.1 Å². The highest BCUT2D eigenvalue weighted by Crippen LogP contribution is 2.27. The second kappa shape index (κ2) is 6.30. The second-order valence-electron chi connectivity index (χ2n) is 5.57. The summed E-state index contributed by atoms with van der Waals surface area (Å²) < 4.78 is 39.1. The number of alkyl halides is 3. The molecule has 0 saturated carbocycles. The van der Waals surface area contributed by atoms with Gasteiger partial charge in [0.25, 0.3) is 0 Å². The van der Waals surface area contributed by atoms with Crippen molar-refractivity contribution in [3.05, 3.63) is 0 Å². The van der Waals surface area contributed by atoms with Crippen molar-refractivity contribution in [3.63, 3.8) is 0 Å². The molecular weight excluding hydrogens is 271 g/mol. The number of carbonyl (C=O) groups excluding carboxylic acids is 1. The molecule has 20 heavy (non-hydrogen) atoms. The number of hydrogen-bond donors (Lipinski definition) is 1. The van der Waals surface area contributed by atoms with Crippen molar-refractivity contribution in [2.45, 2.75) is 44.4 Å². The molecule has 0 aromatic heterocycles. The lowest BCUT2D eigenvalue weighted by atomic mass is 10.0. The SMILES string of the molecule is CCN1CCCCC1CN1CC(=O)NCC1C(F)(F)F. The fourth-order valence-electron chi connectivity index (χ4n) is 3.16. The first kappa shape index (κ1) is 15.6. The third-order valence-electron chi connectivity index (χ3n) is 4.26. The normalized spacial score (nSPS) is 30.3. The highest BCUT2D eigenvalue weighted by molar-refractivity contribution is 5.78. The fourth-order valence-corrected chi connectivity index (χ4v) is 3.16. The summed E-state index contributed by atoms with van der Waals surface area (Å²) in [6.45, 7) is 3.66. The lowest BCUT2D eigenvalue weighted by molar-refractivity contribution is -0.190. The highest BCUT2D eigenvalue weighted by atomic mass is 19.4. The van der Waals surface area contributed by atoms with E-state index in [1.165, 1.54) is 4.90 Å². The predicted octanol–water partition coefficient (Wildman–Crippen LogP) is 1.22. The van der Waals surface area contributed by atoms with Gasteiger partial charge in [-0.25, -0.2) is 0 Å². The second-order valence-corrected chi connectivity index (χ2v) is 5.57. The molecule has 2 rings (SSSR count).